The Morgan fingerprint density at radius 1 is 1.21 bits per heavy atom. The lowest BCUT2D eigenvalue weighted by Gasteiger charge is -2.10. The van der Waals surface area contributed by atoms with Gasteiger partial charge in [-0.3, -0.25) is 29.9 Å². The third-order valence-electron chi connectivity index (χ3n) is 3.03. The van der Waals surface area contributed by atoms with Crippen LogP contribution < -0.4 is 16.2 Å². The Kier molecular flexibility index (Phi) is 5.40. The largest absolute Gasteiger partial charge is 0.348 e. The van der Waals surface area contributed by atoms with Gasteiger partial charge in [-0.05, 0) is 17.7 Å². The summed E-state index contributed by atoms with van der Waals surface area (Å²) in [6.45, 7) is 3.52. The van der Waals surface area contributed by atoms with Gasteiger partial charge in [0.25, 0.3) is 11.8 Å². The van der Waals surface area contributed by atoms with E-state index in [9.17, 15) is 14.4 Å². The molecule has 0 aliphatic carbocycles. The van der Waals surface area contributed by atoms with Crippen molar-refractivity contribution >= 4 is 17.7 Å². The van der Waals surface area contributed by atoms with Gasteiger partial charge in [-0.25, -0.2) is 0 Å². The number of nitrogens with zero attached hydrogens (tertiary/aromatic N) is 3. The van der Waals surface area contributed by atoms with Crippen molar-refractivity contribution in [1.82, 2.24) is 31.2 Å². The number of benzene rings is 1. The first-order valence-electron chi connectivity index (χ1n) is 6.96. The van der Waals surface area contributed by atoms with Crippen LogP contribution >= 0.6 is 0 Å². The monoisotopic (exact) mass is 328 g/mol. The van der Waals surface area contributed by atoms with Crippen molar-refractivity contribution in [2.24, 2.45) is 7.05 Å². The molecule has 1 aromatic heterocycles. The zero-order valence-electron chi connectivity index (χ0n) is 12.9. The second kappa shape index (κ2) is 7.68. The van der Waals surface area contributed by atoms with Crippen molar-refractivity contribution < 1.29 is 14.4 Å². The van der Waals surface area contributed by atoms with Crippen LogP contribution in [0, 0.1) is 0 Å². The van der Waals surface area contributed by atoms with E-state index >= 15 is 0 Å². The minimum absolute atomic E-state index is 0.0735. The number of nitrogens with one attached hydrogen (secondary N) is 3. The first kappa shape index (κ1) is 16.9. The Labute approximate surface area is 137 Å². The summed E-state index contributed by atoms with van der Waals surface area (Å²) in [6, 6.07) is 6.70. The molecule has 0 unspecified atom stereocenters. The highest BCUT2D eigenvalue weighted by Crippen LogP contribution is 2.08. The Balaban J connectivity index is 2.00. The summed E-state index contributed by atoms with van der Waals surface area (Å²) < 4.78 is 1.37. The molecular formula is C15H16N6O3. The van der Waals surface area contributed by atoms with Crippen molar-refractivity contribution in [2.45, 2.75) is 6.54 Å². The minimum Gasteiger partial charge on any atom is -0.348 e. The molecule has 0 bridgehead atoms. The van der Waals surface area contributed by atoms with Gasteiger partial charge in [0, 0.05) is 19.2 Å². The lowest BCUT2D eigenvalue weighted by Crippen LogP contribution is -2.42. The highest BCUT2D eigenvalue weighted by molar-refractivity contribution is 5.99. The quantitative estimate of drug-likeness (QED) is 0.514. The molecule has 2 aromatic rings. The topological polar surface area (TPSA) is 118 Å². The van der Waals surface area contributed by atoms with Crippen LogP contribution in [0.4, 0.5) is 0 Å². The van der Waals surface area contributed by atoms with Gasteiger partial charge in [-0.2, -0.15) is 0 Å². The third kappa shape index (κ3) is 4.26. The number of hydrogen-bond acceptors (Lipinski definition) is 5. The summed E-state index contributed by atoms with van der Waals surface area (Å²) in [5, 5.41) is 9.86. The summed E-state index contributed by atoms with van der Waals surface area (Å²) in [7, 11) is 1.62. The second-order valence-electron chi connectivity index (χ2n) is 4.76. The molecule has 9 heteroatoms. The lowest BCUT2D eigenvalue weighted by atomic mass is 10.1. The molecule has 9 nitrogen and oxygen atoms in total. The molecule has 0 fully saturated rings. The number of carbonyl (C=O) groups is 3. The number of carbonyl (C=O) groups excluding carboxylic acids is 3. The smallest absolute Gasteiger partial charge is 0.291 e. The zero-order valence-corrected chi connectivity index (χ0v) is 12.9. The summed E-state index contributed by atoms with van der Waals surface area (Å²) in [6.07, 6.45) is 2.56. The van der Waals surface area contributed by atoms with Gasteiger partial charge in [0.05, 0.1) is 6.20 Å². The average Bonchev–Trinajstić information content (AvgIpc) is 3.04. The Morgan fingerprint density at radius 3 is 2.58 bits per heavy atom. The van der Waals surface area contributed by atoms with Crippen LogP contribution in [-0.2, 0) is 18.4 Å². The van der Waals surface area contributed by atoms with Gasteiger partial charge in [-0.1, -0.05) is 30.0 Å². The first-order valence-corrected chi connectivity index (χ1v) is 6.96. The van der Waals surface area contributed by atoms with E-state index in [0.717, 1.165) is 6.08 Å². The van der Waals surface area contributed by atoms with Crippen molar-refractivity contribution in [3.05, 3.63) is 59.9 Å². The van der Waals surface area contributed by atoms with Crippen LogP contribution in [0.15, 0.2) is 43.1 Å². The molecular weight excluding hydrogens is 312 g/mol. The van der Waals surface area contributed by atoms with Crippen LogP contribution in [0.5, 0.6) is 0 Å². The molecule has 2 rings (SSSR count). The number of amides is 3. The number of hydrogen-bond donors (Lipinski definition) is 3. The number of rotatable bonds is 5. The summed E-state index contributed by atoms with van der Waals surface area (Å²) >= 11 is 0. The molecule has 0 spiro atoms. The standard InChI is InChI=1S/C15H16N6O3/c1-3-13(22)16-8-10-6-4-5-7-11(10)14(23)18-19-15(24)12-9-21(2)20-17-12/h3-7,9H,1,8H2,2H3,(H,16,22)(H,18,23)(H,19,24). The summed E-state index contributed by atoms with van der Waals surface area (Å²) in [5.74, 6) is -1.45. The fourth-order valence-corrected chi connectivity index (χ4v) is 1.85. The van der Waals surface area contributed by atoms with Crippen molar-refractivity contribution in [3.63, 3.8) is 0 Å². The fraction of sp³-hybridized carbons (Fsp3) is 0.133. The van der Waals surface area contributed by atoms with E-state index in [1.54, 1.807) is 31.3 Å². The van der Waals surface area contributed by atoms with Crippen LogP contribution in [-0.4, -0.2) is 32.7 Å². The average molecular weight is 328 g/mol. The Bertz CT molecular complexity index is 783. The molecule has 3 amide bonds. The Morgan fingerprint density at radius 2 is 1.92 bits per heavy atom. The van der Waals surface area contributed by atoms with Gasteiger partial charge in [-0.15, -0.1) is 5.10 Å². The predicted octanol–water partition coefficient (Wildman–Crippen LogP) is -0.308. The molecule has 0 saturated heterocycles. The highest BCUT2D eigenvalue weighted by Gasteiger charge is 2.14. The van der Waals surface area contributed by atoms with Crippen LogP contribution in [0.25, 0.3) is 0 Å². The molecule has 124 valence electrons. The van der Waals surface area contributed by atoms with Crippen molar-refractivity contribution in [1.29, 1.82) is 0 Å². The number of hydrazine groups is 1. The zero-order chi connectivity index (χ0) is 17.5. The summed E-state index contributed by atoms with van der Waals surface area (Å²) in [4.78, 5) is 35.3. The van der Waals surface area contributed by atoms with E-state index in [4.69, 9.17) is 0 Å². The molecule has 0 radical (unpaired) electrons. The van der Waals surface area contributed by atoms with Crippen molar-refractivity contribution in [2.75, 3.05) is 0 Å². The van der Waals surface area contributed by atoms with E-state index in [2.05, 4.69) is 33.1 Å². The molecule has 24 heavy (non-hydrogen) atoms. The maximum absolute atomic E-state index is 12.2. The van der Waals surface area contributed by atoms with E-state index in [-0.39, 0.29) is 18.1 Å². The van der Waals surface area contributed by atoms with Crippen LogP contribution in [0.2, 0.25) is 0 Å². The second-order valence-corrected chi connectivity index (χ2v) is 4.76. The lowest BCUT2D eigenvalue weighted by molar-refractivity contribution is -0.116. The Hall–Kier alpha value is -3.49. The van der Waals surface area contributed by atoms with Crippen LogP contribution in [0.3, 0.4) is 0 Å². The normalized spacial score (nSPS) is 9.88. The SMILES string of the molecule is C=CC(=O)NCc1ccccc1C(=O)NNC(=O)c1cn(C)nn1. The van der Waals surface area contributed by atoms with Gasteiger partial charge in [0.15, 0.2) is 5.69 Å². The number of aryl methyl sites for hydroxylation is 1. The molecule has 0 atom stereocenters. The maximum atomic E-state index is 12.2. The van der Waals surface area contributed by atoms with Gasteiger partial charge < -0.3 is 5.32 Å². The predicted molar refractivity (Wildman–Crippen MR) is 84.4 cm³/mol. The van der Waals surface area contributed by atoms with E-state index in [0.29, 0.717) is 11.1 Å². The molecule has 0 aliphatic heterocycles. The molecule has 1 aromatic carbocycles. The van der Waals surface area contributed by atoms with Gasteiger partial charge in [0.2, 0.25) is 5.91 Å². The van der Waals surface area contributed by atoms with Crippen molar-refractivity contribution in [3.8, 4) is 0 Å². The molecule has 3 N–H and O–H groups in total. The fourth-order valence-electron chi connectivity index (χ4n) is 1.85. The van der Waals surface area contributed by atoms with Gasteiger partial charge in [0.1, 0.15) is 0 Å². The number of aromatic nitrogens is 3. The van der Waals surface area contributed by atoms with E-state index < -0.39 is 11.8 Å². The molecule has 0 saturated carbocycles. The maximum Gasteiger partial charge on any atom is 0.291 e. The highest BCUT2D eigenvalue weighted by atomic mass is 16.2. The minimum atomic E-state index is -0.589. The van der Waals surface area contributed by atoms with Gasteiger partial charge >= 0.3 is 0 Å². The molecule has 0 aliphatic rings. The third-order valence-corrected chi connectivity index (χ3v) is 3.03. The first-order chi connectivity index (χ1) is 11.5. The molecule has 1 heterocycles. The summed E-state index contributed by atoms with van der Waals surface area (Å²) in [5.41, 5.74) is 5.55. The van der Waals surface area contributed by atoms with Crippen LogP contribution in [0.1, 0.15) is 26.4 Å². The van der Waals surface area contributed by atoms with E-state index in [1.165, 1.54) is 10.9 Å². The van der Waals surface area contributed by atoms with E-state index in [1.807, 2.05) is 0 Å².